The van der Waals surface area contributed by atoms with E-state index in [0.717, 1.165) is 0 Å². The first kappa shape index (κ1) is 20.7. The number of methoxy groups -OCH3 is 1. The van der Waals surface area contributed by atoms with Crippen molar-refractivity contribution >= 4 is 33.4 Å². The van der Waals surface area contributed by atoms with E-state index in [9.17, 15) is 14.7 Å². The fourth-order valence-electron chi connectivity index (χ4n) is 3.56. The normalized spacial score (nSPS) is 15.8. The van der Waals surface area contributed by atoms with Crippen LogP contribution in [0.25, 0.3) is 5.70 Å². The second-order valence-corrected chi connectivity index (χ2v) is 7.78. The van der Waals surface area contributed by atoms with E-state index in [4.69, 9.17) is 4.74 Å². The largest absolute Gasteiger partial charge is 0.504 e. The van der Waals surface area contributed by atoms with Gasteiger partial charge in [0.15, 0.2) is 17.3 Å². The molecule has 1 aliphatic heterocycles. The smallest absolute Gasteiger partial charge is 0.320 e. The lowest BCUT2D eigenvalue weighted by Crippen LogP contribution is -2.45. The average molecular weight is 479 g/mol. The number of urea groups is 1. The van der Waals surface area contributed by atoms with E-state index in [1.54, 1.807) is 30.3 Å². The van der Waals surface area contributed by atoms with Crippen molar-refractivity contribution in [3.63, 3.8) is 0 Å². The Kier molecular flexibility index (Phi) is 5.77. The highest BCUT2D eigenvalue weighted by Gasteiger charge is 2.35. The number of aromatic hydroxyl groups is 1. The molecule has 1 atom stereocenters. The molecule has 0 aromatic heterocycles. The van der Waals surface area contributed by atoms with E-state index >= 15 is 0 Å². The number of carbonyl (C=O) groups excluding carboxylic acids is 2. The van der Waals surface area contributed by atoms with Crippen LogP contribution in [0.1, 0.15) is 27.5 Å². The number of phenolic OH excluding ortho intramolecular Hbond substituents is 1. The van der Waals surface area contributed by atoms with Crippen LogP contribution in [0.5, 0.6) is 11.5 Å². The van der Waals surface area contributed by atoms with E-state index in [1.165, 1.54) is 13.2 Å². The summed E-state index contributed by atoms with van der Waals surface area (Å²) in [6.45, 7) is 0. The number of ketones is 1. The van der Waals surface area contributed by atoms with E-state index < -0.39 is 12.1 Å². The number of benzene rings is 3. The Morgan fingerprint density at radius 1 is 1.03 bits per heavy atom. The van der Waals surface area contributed by atoms with Gasteiger partial charge in [-0.2, -0.15) is 0 Å². The number of phenols is 1. The minimum Gasteiger partial charge on any atom is -0.504 e. The van der Waals surface area contributed by atoms with Gasteiger partial charge in [0.2, 0.25) is 0 Å². The van der Waals surface area contributed by atoms with Gasteiger partial charge in [0.05, 0.1) is 24.4 Å². The van der Waals surface area contributed by atoms with Crippen LogP contribution >= 0.6 is 15.9 Å². The van der Waals surface area contributed by atoms with Gasteiger partial charge in [0.1, 0.15) is 0 Å². The van der Waals surface area contributed by atoms with Gasteiger partial charge in [-0.25, -0.2) is 4.79 Å². The number of amides is 2. The number of carbonyl (C=O) groups is 2. The molecular formula is C24H19BrN2O4. The van der Waals surface area contributed by atoms with Crippen molar-refractivity contribution < 1.29 is 19.4 Å². The third-order valence-corrected chi connectivity index (χ3v) is 5.71. The molecule has 0 unspecified atom stereocenters. The van der Waals surface area contributed by atoms with Crippen LogP contribution in [-0.4, -0.2) is 24.0 Å². The first-order valence-electron chi connectivity index (χ1n) is 9.53. The van der Waals surface area contributed by atoms with E-state index in [-0.39, 0.29) is 17.3 Å². The standard InChI is InChI=1S/C24H19BrN2O4/c1-31-19-12-16(17(25)13-18(19)28)22-20(23(29)15-10-6-3-7-11-15)21(26-24(30)27-22)14-8-4-2-5-9-14/h2-13,22,28H,1H3,(H2,26,27,30)/t22-/m1/s1. The number of hydrogen-bond acceptors (Lipinski definition) is 4. The third-order valence-electron chi connectivity index (χ3n) is 5.02. The molecule has 0 radical (unpaired) electrons. The highest BCUT2D eigenvalue weighted by Crippen LogP contribution is 2.40. The molecule has 1 heterocycles. The average Bonchev–Trinajstić information content (AvgIpc) is 2.79. The fraction of sp³-hybridized carbons (Fsp3) is 0.0833. The Morgan fingerprint density at radius 3 is 2.32 bits per heavy atom. The molecule has 0 saturated heterocycles. The van der Waals surface area contributed by atoms with Crippen LogP contribution in [0, 0.1) is 0 Å². The molecular weight excluding hydrogens is 460 g/mol. The number of nitrogens with one attached hydrogen (secondary N) is 2. The summed E-state index contributed by atoms with van der Waals surface area (Å²) in [6.07, 6.45) is 0. The summed E-state index contributed by atoms with van der Waals surface area (Å²) >= 11 is 3.45. The van der Waals surface area contributed by atoms with Crippen molar-refractivity contribution in [1.82, 2.24) is 10.6 Å². The van der Waals surface area contributed by atoms with Crippen LogP contribution in [0.4, 0.5) is 4.79 Å². The van der Waals surface area contributed by atoms with Crippen molar-refractivity contribution in [2.75, 3.05) is 7.11 Å². The lowest BCUT2D eigenvalue weighted by molar-refractivity contribution is 0.102. The predicted octanol–water partition coefficient (Wildman–Crippen LogP) is 4.81. The van der Waals surface area contributed by atoms with Crippen molar-refractivity contribution in [2.45, 2.75) is 6.04 Å². The van der Waals surface area contributed by atoms with Gasteiger partial charge in [-0.15, -0.1) is 0 Å². The number of ether oxygens (including phenoxy) is 1. The van der Waals surface area contributed by atoms with Gasteiger partial charge in [-0.1, -0.05) is 76.6 Å². The maximum absolute atomic E-state index is 13.7. The molecule has 4 rings (SSSR count). The molecule has 2 amide bonds. The number of rotatable bonds is 5. The molecule has 0 aliphatic carbocycles. The molecule has 1 aliphatic rings. The van der Waals surface area contributed by atoms with Crippen molar-refractivity contribution in [2.24, 2.45) is 0 Å². The predicted molar refractivity (Wildman–Crippen MR) is 121 cm³/mol. The Balaban J connectivity index is 1.97. The maximum Gasteiger partial charge on any atom is 0.320 e. The van der Waals surface area contributed by atoms with Gasteiger partial charge in [0.25, 0.3) is 0 Å². The highest BCUT2D eigenvalue weighted by atomic mass is 79.9. The van der Waals surface area contributed by atoms with Crippen LogP contribution in [0.15, 0.2) is 82.8 Å². The highest BCUT2D eigenvalue weighted by molar-refractivity contribution is 9.10. The van der Waals surface area contributed by atoms with Gasteiger partial charge < -0.3 is 20.5 Å². The molecule has 0 bridgehead atoms. The molecule has 3 aromatic rings. The fourth-order valence-corrected chi connectivity index (χ4v) is 4.12. The Labute approximate surface area is 187 Å². The van der Waals surface area contributed by atoms with Crippen LogP contribution in [-0.2, 0) is 0 Å². The van der Waals surface area contributed by atoms with Crippen molar-refractivity contribution in [3.05, 3.63) is 99.5 Å². The van der Waals surface area contributed by atoms with Crippen molar-refractivity contribution in [3.8, 4) is 11.5 Å². The molecule has 7 heteroatoms. The molecule has 31 heavy (non-hydrogen) atoms. The summed E-state index contributed by atoms with van der Waals surface area (Å²) in [7, 11) is 1.44. The van der Waals surface area contributed by atoms with Gasteiger partial charge in [-0.3, -0.25) is 4.79 Å². The maximum atomic E-state index is 13.7. The summed E-state index contributed by atoms with van der Waals surface area (Å²) in [5, 5.41) is 15.8. The van der Waals surface area contributed by atoms with Gasteiger partial charge in [-0.05, 0) is 23.3 Å². The second kappa shape index (κ2) is 8.65. The van der Waals surface area contributed by atoms with Gasteiger partial charge >= 0.3 is 6.03 Å². The van der Waals surface area contributed by atoms with E-state index in [2.05, 4.69) is 26.6 Å². The minimum atomic E-state index is -0.777. The number of halogens is 1. The Bertz CT molecular complexity index is 1180. The summed E-state index contributed by atoms with van der Waals surface area (Å²) in [5.41, 5.74) is 2.60. The molecule has 3 aromatic carbocycles. The van der Waals surface area contributed by atoms with Crippen LogP contribution < -0.4 is 15.4 Å². The monoisotopic (exact) mass is 478 g/mol. The zero-order chi connectivity index (χ0) is 22.0. The minimum absolute atomic E-state index is 0.0541. The van der Waals surface area contributed by atoms with E-state index in [0.29, 0.717) is 32.4 Å². The lowest BCUT2D eigenvalue weighted by Gasteiger charge is -2.31. The zero-order valence-electron chi connectivity index (χ0n) is 16.6. The lowest BCUT2D eigenvalue weighted by atomic mass is 9.87. The third kappa shape index (κ3) is 4.04. The second-order valence-electron chi connectivity index (χ2n) is 6.93. The summed E-state index contributed by atoms with van der Waals surface area (Å²) < 4.78 is 5.78. The Hall–Kier alpha value is -3.58. The summed E-state index contributed by atoms with van der Waals surface area (Å²) in [6, 6.07) is 20.0. The molecule has 0 spiro atoms. The molecule has 0 fully saturated rings. The molecule has 3 N–H and O–H groups in total. The summed E-state index contributed by atoms with van der Waals surface area (Å²) in [5.74, 6) is -0.0452. The first-order valence-corrected chi connectivity index (χ1v) is 10.3. The first-order chi connectivity index (χ1) is 15.0. The summed E-state index contributed by atoms with van der Waals surface area (Å²) in [4.78, 5) is 26.3. The van der Waals surface area contributed by atoms with Crippen LogP contribution in [0.2, 0.25) is 0 Å². The molecule has 0 saturated carbocycles. The number of Topliss-reactive ketones (excluding diaryl/α,β-unsaturated/α-hetero) is 1. The SMILES string of the molecule is COc1cc([C@H]2NC(=O)NC(c3ccccc3)=C2C(=O)c2ccccc2)c(Br)cc1O. The zero-order valence-corrected chi connectivity index (χ0v) is 18.1. The number of hydrogen-bond donors (Lipinski definition) is 3. The van der Waals surface area contributed by atoms with Gasteiger partial charge in [0, 0.05) is 10.0 Å². The van der Waals surface area contributed by atoms with Crippen molar-refractivity contribution in [1.29, 1.82) is 0 Å². The van der Waals surface area contributed by atoms with E-state index in [1.807, 2.05) is 36.4 Å². The molecule has 156 valence electrons. The quantitative estimate of drug-likeness (QED) is 0.459. The topological polar surface area (TPSA) is 87.7 Å². The van der Waals surface area contributed by atoms with Crippen LogP contribution in [0.3, 0.4) is 0 Å². The Morgan fingerprint density at radius 2 is 1.68 bits per heavy atom. The molecule has 6 nitrogen and oxygen atoms in total.